The second-order valence-electron chi connectivity index (χ2n) is 6.02. The Balaban J connectivity index is 2.17. The van der Waals surface area contributed by atoms with Gasteiger partial charge in [-0.05, 0) is 48.8 Å². The molecule has 0 saturated carbocycles. The lowest BCUT2D eigenvalue weighted by molar-refractivity contribution is 0.351. The standard InChI is InChI=1S/C17H23BrN2/c1-13(2)15-4-3-8-20(9-7-15)17-6-5-14(11-18)10-16(17)12-19/h5-6,10,13,15H,3-4,7-9,11H2,1-2H3. The van der Waals surface area contributed by atoms with Crippen molar-refractivity contribution in [2.45, 2.75) is 38.4 Å². The Morgan fingerprint density at radius 1 is 1.35 bits per heavy atom. The lowest BCUT2D eigenvalue weighted by atomic mass is 9.89. The quantitative estimate of drug-likeness (QED) is 0.748. The molecule has 0 amide bonds. The number of rotatable bonds is 3. The number of halogens is 1. The molecule has 1 aliphatic rings. The van der Waals surface area contributed by atoms with E-state index in [9.17, 15) is 5.26 Å². The molecule has 0 bridgehead atoms. The zero-order valence-electron chi connectivity index (χ0n) is 12.4. The molecule has 2 nitrogen and oxygen atoms in total. The molecule has 2 rings (SSSR count). The summed E-state index contributed by atoms with van der Waals surface area (Å²) in [6, 6.07) is 8.60. The van der Waals surface area contributed by atoms with Gasteiger partial charge in [0.05, 0.1) is 11.3 Å². The van der Waals surface area contributed by atoms with Crippen molar-refractivity contribution in [1.82, 2.24) is 0 Å². The molecule has 1 atom stereocenters. The lowest BCUT2D eigenvalue weighted by Crippen LogP contribution is -2.25. The van der Waals surface area contributed by atoms with E-state index in [1.54, 1.807) is 0 Å². The molecule has 0 spiro atoms. The summed E-state index contributed by atoms with van der Waals surface area (Å²) in [5.74, 6) is 1.59. The number of hydrogen-bond donors (Lipinski definition) is 0. The van der Waals surface area contributed by atoms with Crippen LogP contribution in [0.5, 0.6) is 0 Å². The van der Waals surface area contributed by atoms with Gasteiger partial charge in [0.1, 0.15) is 6.07 Å². The first-order chi connectivity index (χ1) is 9.65. The van der Waals surface area contributed by atoms with Gasteiger partial charge in [-0.3, -0.25) is 0 Å². The van der Waals surface area contributed by atoms with Gasteiger partial charge in [-0.2, -0.15) is 5.26 Å². The first-order valence-corrected chi connectivity index (χ1v) is 8.61. The zero-order chi connectivity index (χ0) is 14.5. The van der Waals surface area contributed by atoms with Crippen LogP contribution in [0.4, 0.5) is 5.69 Å². The minimum Gasteiger partial charge on any atom is -0.370 e. The molecular weight excluding hydrogens is 312 g/mol. The summed E-state index contributed by atoms with van der Waals surface area (Å²) in [6.07, 6.45) is 3.78. The number of nitriles is 1. The van der Waals surface area contributed by atoms with Crippen LogP contribution in [0, 0.1) is 23.2 Å². The number of hydrogen-bond acceptors (Lipinski definition) is 2. The second kappa shape index (κ2) is 7.13. The van der Waals surface area contributed by atoms with Gasteiger partial charge in [-0.15, -0.1) is 0 Å². The van der Waals surface area contributed by atoms with Crippen molar-refractivity contribution in [2.75, 3.05) is 18.0 Å². The van der Waals surface area contributed by atoms with E-state index in [0.29, 0.717) is 0 Å². The maximum atomic E-state index is 9.39. The van der Waals surface area contributed by atoms with Gasteiger partial charge in [0.15, 0.2) is 0 Å². The van der Waals surface area contributed by atoms with Gasteiger partial charge in [0, 0.05) is 18.4 Å². The summed E-state index contributed by atoms with van der Waals surface area (Å²) in [6.45, 7) is 6.80. The molecular formula is C17H23BrN2. The predicted octanol–water partition coefficient (Wildman–Crippen LogP) is 4.72. The fraction of sp³-hybridized carbons (Fsp3) is 0.588. The van der Waals surface area contributed by atoms with E-state index in [2.05, 4.69) is 52.9 Å². The van der Waals surface area contributed by atoms with E-state index in [1.165, 1.54) is 24.8 Å². The maximum absolute atomic E-state index is 9.39. The minimum absolute atomic E-state index is 0.765. The Morgan fingerprint density at radius 2 is 2.15 bits per heavy atom. The minimum atomic E-state index is 0.765. The molecule has 108 valence electrons. The molecule has 1 unspecified atom stereocenters. The molecule has 0 aromatic heterocycles. The van der Waals surface area contributed by atoms with Gasteiger partial charge in [0.2, 0.25) is 0 Å². The van der Waals surface area contributed by atoms with Crippen molar-refractivity contribution >= 4 is 21.6 Å². The molecule has 0 N–H and O–H groups in total. The van der Waals surface area contributed by atoms with E-state index in [0.717, 1.165) is 41.5 Å². The highest BCUT2D eigenvalue weighted by atomic mass is 79.9. The second-order valence-corrected chi connectivity index (χ2v) is 6.58. The predicted molar refractivity (Wildman–Crippen MR) is 88.2 cm³/mol. The number of benzene rings is 1. The number of anilines is 1. The lowest BCUT2D eigenvalue weighted by Gasteiger charge is -2.24. The topological polar surface area (TPSA) is 27.0 Å². The van der Waals surface area contributed by atoms with Gasteiger partial charge in [0.25, 0.3) is 0 Å². The van der Waals surface area contributed by atoms with Crippen LogP contribution in [0.15, 0.2) is 18.2 Å². The first-order valence-electron chi connectivity index (χ1n) is 7.49. The Hall–Kier alpha value is -1.01. The van der Waals surface area contributed by atoms with Crippen molar-refractivity contribution < 1.29 is 0 Å². The van der Waals surface area contributed by atoms with Crippen molar-refractivity contribution in [3.05, 3.63) is 29.3 Å². The van der Waals surface area contributed by atoms with E-state index in [1.807, 2.05) is 6.07 Å². The van der Waals surface area contributed by atoms with E-state index < -0.39 is 0 Å². The Kier molecular flexibility index (Phi) is 5.48. The normalized spacial score (nSPS) is 19.8. The molecule has 1 heterocycles. The smallest absolute Gasteiger partial charge is 0.101 e. The monoisotopic (exact) mass is 334 g/mol. The summed E-state index contributed by atoms with van der Waals surface area (Å²) < 4.78 is 0. The summed E-state index contributed by atoms with van der Waals surface area (Å²) in [7, 11) is 0. The van der Waals surface area contributed by atoms with Gasteiger partial charge in [-0.1, -0.05) is 35.8 Å². The highest BCUT2D eigenvalue weighted by Crippen LogP contribution is 2.29. The van der Waals surface area contributed by atoms with Crippen LogP contribution < -0.4 is 4.90 Å². The van der Waals surface area contributed by atoms with Crippen molar-refractivity contribution in [2.24, 2.45) is 11.8 Å². The number of alkyl halides is 1. The van der Waals surface area contributed by atoms with Gasteiger partial charge < -0.3 is 4.90 Å². The van der Waals surface area contributed by atoms with Crippen molar-refractivity contribution in [3.8, 4) is 6.07 Å². The molecule has 0 aliphatic carbocycles. The van der Waals surface area contributed by atoms with E-state index in [-0.39, 0.29) is 0 Å². The Labute approximate surface area is 130 Å². The van der Waals surface area contributed by atoms with Crippen LogP contribution in [0.25, 0.3) is 0 Å². The fourth-order valence-electron chi connectivity index (χ4n) is 3.06. The summed E-state index contributed by atoms with van der Waals surface area (Å²) >= 11 is 3.45. The molecule has 1 aromatic carbocycles. The third kappa shape index (κ3) is 3.55. The Bertz CT molecular complexity index is 490. The van der Waals surface area contributed by atoms with Crippen LogP contribution in [-0.4, -0.2) is 13.1 Å². The van der Waals surface area contributed by atoms with Crippen molar-refractivity contribution in [1.29, 1.82) is 5.26 Å². The molecule has 20 heavy (non-hydrogen) atoms. The average Bonchev–Trinajstić information content (AvgIpc) is 2.72. The SMILES string of the molecule is CC(C)C1CCCN(c2ccc(CBr)cc2C#N)CC1. The third-order valence-electron chi connectivity index (χ3n) is 4.39. The van der Waals surface area contributed by atoms with Crippen LogP contribution in [-0.2, 0) is 5.33 Å². The van der Waals surface area contributed by atoms with Crippen LogP contribution >= 0.6 is 15.9 Å². The summed E-state index contributed by atoms with van der Waals surface area (Å²) in [5, 5.41) is 10.2. The molecule has 1 aliphatic heterocycles. The molecule has 3 heteroatoms. The zero-order valence-corrected chi connectivity index (χ0v) is 14.0. The van der Waals surface area contributed by atoms with Crippen molar-refractivity contribution in [3.63, 3.8) is 0 Å². The van der Waals surface area contributed by atoms with Crippen LogP contribution in [0.2, 0.25) is 0 Å². The van der Waals surface area contributed by atoms with Gasteiger partial charge in [-0.25, -0.2) is 0 Å². The first kappa shape index (κ1) is 15.4. The highest BCUT2D eigenvalue weighted by Gasteiger charge is 2.21. The average molecular weight is 335 g/mol. The van der Waals surface area contributed by atoms with Gasteiger partial charge >= 0.3 is 0 Å². The Morgan fingerprint density at radius 3 is 2.80 bits per heavy atom. The maximum Gasteiger partial charge on any atom is 0.101 e. The summed E-state index contributed by atoms with van der Waals surface area (Å²) in [5.41, 5.74) is 3.09. The molecule has 1 fully saturated rings. The number of nitrogens with zero attached hydrogens (tertiary/aromatic N) is 2. The summed E-state index contributed by atoms with van der Waals surface area (Å²) in [4.78, 5) is 2.40. The van der Waals surface area contributed by atoms with E-state index >= 15 is 0 Å². The van der Waals surface area contributed by atoms with E-state index in [4.69, 9.17) is 0 Å². The van der Waals surface area contributed by atoms with Crippen LogP contribution in [0.1, 0.15) is 44.2 Å². The molecule has 1 saturated heterocycles. The highest BCUT2D eigenvalue weighted by molar-refractivity contribution is 9.08. The largest absolute Gasteiger partial charge is 0.370 e. The third-order valence-corrected chi connectivity index (χ3v) is 5.04. The molecule has 1 aromatic rings. The van der Waals surface area contributed by atoms with Crippen LogP contribution in [0.3, 0.4) is 0 Å². The fourth-order valence-corrected chi connectivity index (χ4v) is 3.41. The molecule has 0 radical (unpaired) electrons.